The van der Waals surface area contributed by atoms with Crippen LogP contribution in [-0.2, 0) is 0 Å². The summed E-state index contributed by atoms with van der Waals surface area (Å²) in [7, 11) is 0. The molecule has 18 heavy (non-hydrogen) atoms. The lowest BCUT2D eigenvalue weighted by atomic mass is 9.93. The summed E-state index contributed by atoms with van der Waals surface area (Å²) < 4.78 is 0. The second-order valence-corrected chi connectivity index (χ2v) is 5.80. The molecule has 0 radical (unpaired) electrons. The van der Waals surface area contributed by atoms with Gasteiger partial charge in [-0.3, -0.25) is 0 Å². The summed E-state index contributed by atoms with van der Waals surface area (Å²) in [4.78, 5) is 8.02. The molecule has 0 spiro atoms. The Morgan fingerprint density at radius 3 is 2.83 bits per heavy atom. The molecule has 2 unspecified atom stereocenters. The monoisotopic (exact) mass is 283 g/mol. The van der Waals surface area contributed by atoms with Gasteiger partial charge >= 0.3 is 0 Å². The van der Waals surface area contributed by atoms with Crippen LogP contribution in [0.4, 0.5) is 0 Å². The van der Waals surface area contributed by atoms with Crippen molar-refractivity contribution in [3.05, 3.63) is 28.0 Å². The molecule has 96 valence electrons. The molecule has 3 rings (SSSR count). The molecule has 1 fully saturated rings. The predicted molar refractivity (Wildman–Crippen MR) is 75.6 cm³/mol. The Morgan fingerprint density at radius 1 is 1.28 bits per heavy atom. The average Bonchev–Trinajstić information content (AvgIpc) is 2.73. The first-order valence-corrected chi connectivity index (χ1v) is 6.97. The van der Waals surface area contributed by atoms with E-state index in [1.54, 1.807) is 0 Å². The maximum absolute atomic E-state index is 6.02. The number of benzene rings is 1. The fraction of sp³-hybridized carbons (Fsp3) is 0.462. The summed E-state index contributed by atoms with van der Waals surface area (Å²) in [5, 5.41) is 4.57. The van der Waals surface area contributed by atoms with E-state index in [-0.39, 0.29) is 0 Å². The molecule has 1 saturated heterocycles. The Morgan fingerprint density at radius 2 is 2.06 bits per heavy atom. The molecule has 1 aromatic carbocycles. The number of rotatable bonds is 1. The van der Waals surface area contributed by atoms with Gasteiger partial charge in [0.15, 0.2) is 0 Å². The summed E-state index contributed by atoms with van der Waals surface area (Å²) in [5.74, 6) is 1.54. The number of H-pyrrole nitrogens is 1. The maximum Gasteiger partial charge on any atom is 0.110 e. The highest BCUT2D eigenvalue weighted by Crippen LogP contribution is 2.30. The van der Waals surface area contributed by atoms with Crippen molar-refractivity contribution in [1.29, 1.82) is 0 Å². The molecule has 2 atom stereocenters. The maximum atomic E-state index is 6.02. The topological polar surface area (TPSA) is 40.7 Å². The van der Waals surface area contributed by atoms with Gasteiger partial charge in [0.1, 0.15) is 5.82 Å². The van der Waals surface area contributed by atoms with Crippen LogP contribution in [0.2, 0.25) is 10.0 Å². The predicted octanol–water partition coefficient (Wildman–Crippen LogP) is 3.73. The third kappa shape index (κ3) is 2.22. The molecule has 2 aromatic rings. The largest absolute Gasteiger partial charge is 0.342 e. The summed E-state index contributed by atoms with van der Waals surface area (Å²) in [6.45, 7) is 3.26. The number of fused-ring (bicyclic) bond motifs is 1. The summed E-state index contributed by atoms with van der Waals surface area (Å²) >= 11 is 12.0. The smallest absolute Gasteiger partial charge is 0.110 e. The van der Waals surface area contributed by atoms with Crippen LogP contribution in [0.25, 0.3) is 11.0 Å². The first kappa shape index (κ1) is 12.3. The van der Waals surface area contributed by atoms with Gasteiger partial charge in [0.2, 0.25) is 0 Å². The zero-order chi connectivity index (χ0) is 12.7. The summed E-state index contributed by atoms with van der Waals surface area (Å²) in [5.41, 5.74) is 1.86. The molecule has 3 nitrogen and oxygen atoms in total. The molecular formula is C13H15Cl2N3. The van der Waals surface area contributed by atoms with E-state index < -0.39 is 0 Å². The van der Waals surface area contributed by atoms with E-state index in [0.29, 0.717) is 22.0 Å². The zero-order valence-corrected chi connectivity index (χ0v) is 11.6. The van der Waals surface area contributed by atoms with Crippen molar-refractivity contribution in [2.45, 2.75) is 31.7 Å². The summed E-state index contributed by atoms with van der Waals surface area (Å²) in [6, 6.07) is 4.22. The van der Waals surface area contributed by atoms with E-state index in [9.17, 15) is 0 Å². The van der Waals surface area contributed by atoms with Crippen LogP contribution in [0.3, 0.4) is 0 Å². The molecule has 1 aliphatic rings. The van der Waals surface area contributed by atoms with Gasteiger partial charge in [-0.15, -0.1) is 0 Å². The second kappa shape index (κ2) is 4.72. The van der Waals surface area contributed by atoms with E-state index in [0.717, 1.165) is 36.2 Å². The Hall–Kier alpha value is -0.770. The highest BCUT2D eigenvalue weighted by Gasteiger charge is 2.22. The quantitative estimate of drug-likeness (QED) is 0.837. The van der Waals surface area contributed by atoms with E-state index in [1.165, 1.54) is 0 Å². The number of hydrogen-bond acceptors (Lipinski definition) is 2. The molecule has 1 aromatic heterocycles. The van der Waals surface area contributed by atoms with Gasteiger partial charge in [-0.25, -0.2) is 4.98 Å². The second-order valence-electron chi connectivity index (χ2n) is 4.98. The number of piperidine rings is 1. The van der Waals surface area contributed by atoms with Gasteiger partial charge in [0, 0.05) is 12.0 Å². The number of nitrogens with one attached hydrogen (secondary N) is 2. The van der Waals surface area contributed by atoms with E-state index in [2.05, 4.69) is 22.2 Å². The molecule has 0 amide bonds. The fourth-order valence-corrected chi connectivity index (χ4v) is 2.92. The third-order valence-corrected chi connectivity index (χ3v) is 4.27. The van der Waals surface area contributed by atoms with Crippen LogP contribution in [0.1, 0.15) is 31.5 Å². The molecule has 2 N–H and O–H groups in total. The number of nitrogens with zero attached hydrogens (tertiary/aromatic N) is 1. The molecule has 0 bridgehead atoms. The van der Waals surface area contributed by atoms with Gasteiger partial charge in [-0.2, -0.15) is 0 Å². The fourth-order valence-electron chi connectivity index (χ4n) is 2.60. The van der Waals surface area contributed by atoms with Crippen molar-refractivity contribution in [2.75, 3.05) is 6.54 Å². The first-order valence-electron chi connectivity index (χ1n) is 6.21. The zero-order valence-electron chi connectivity index (χ0n) is 10.1. The average molecular weight is 284 g/mol. The number of imidazole rings is 1. The minimum absolute atomic E-state index is 0.492. The van der Waals surface area contributed by atoms with Gasteiger partial charge in [-0.05, 0) is 38.4 Å². The first-order chi connectivity index (χ1) is 8.63. The van der Waals surface area contributed by atoms with Crippen molar-refractivity contribution in [3.63, 3.8) is 0 Å². The van der Waals surface area contributed by atoms with Gasteiger partial charge in [0.05, 0.1) is 21.1 Å². The highest BCUT2D eigenvalue weighted by molar-refractivity contribution is 6.42. The van der Waals surface area contributed by atoms with Crippen LogP contribution >= 0.6 is 23.2 Å². The number of aromatic nitrogens is 2. The Kier molecular flexibility index (Phi) is 3.22. The van der Waals surface area contributed by atoms with Crippen molar-refractivity contribution in [1.82, 2.24) is 15.3 Å². The minimum Gasteiger partial charge on any atom is -0.342 e. The van der Waals surface area contributed by atoms with E-state index in [4.69, 9.17) is 23.2 Å². The lowest BCUT2D eigenvalue weighted by Crippen LogP contribution is -2.35. The van der Waals surface area contributed by atoms with Crippen LogP contribution < -0.4 is 5.32 Å². The molecule has 0 aliphatic carbocycles. The summed E-state index contributed by atoms with van der Waals surface area (Å²) in [6.07, 6.45) is 2.23. The Labute approximate surface area is 116 Å². The Balaban J connectivity index is 1.97. The van der Waals surface area contributed by atoms with E-state index in [1.807, 2.05) is 12.1 Å². The number of halogens is 2. The lowest BCUT2D eigenvalue weighted by Gasteiger charge is -2.26. The number of aromatic amines is 1. The Bertz CT molecular complexity index is 540. The van der Waals surface area contributed by atoms with Crippen molar-refractivity contribution in [3.8, 4) is 0 Å². The van der Waals surface area contributed by atoms with Crippen LogP contribution in [0.5, 0.6) is 0 Å². The molecular weight excluding hydrogens is 269 g/mol. The lowest BCUT2D eigenvalue weighted by molar-refractivity contribution is 0.373. The van der Waals surface area contributed by atoms with Gasteiger partial charge in [0.25, 0.3) is 0 Å². The molecule has 1 aliphatic heterocycles. The standard InChI is InChI=1S/C13H15Cl2N3/c1-7-4-8(2-3-16-7)13-17-11-5-9(14)10(15)6-12(11)18-13/h5-8,16H,2-4H2,1H3,(H,17,18). The molecule has 5 heteroatoms. The molecule has 2 heterocycles. The van der Waals surface area contributed by atoms with Crippen molar-refractivity contribution >= 4 is 34.2 Å². The minimum atomic E-state index is 0.492. The SMILES string of the molecule is CC1CC(c2nc3cc(Cl)c(Cl)cc3[nH]2)CCN1. The number of hydrogen-bond donors (Lipinski definition) is 2. The third-order valence-electron chi connectivity index (χ3n) is 3.55. The normalized spacial score (nSPS) is 24.6. The van der Waals surface area contributed by atoms with Crippen LogP contribution in [0, 0.1) is 0 Å². The van der Waals surface area contributed by atoms with Gasteiger partial charge < -0.3 is 10.3 Å². The van der Waals surface area contributed by atoms with Crippen molar-refractivity contribution < 1.29 is 0 Å². The van der Waals surface area contributed by atoms with Gasteiger partial charge in [-0.1, -0.05) is 23.2 Å². The van der Waals surface area contributed by atoms with Crippen LogP contribution in [0.15, 0.2) is 12.1 Å². The highest BCUT2D eigenvalue weighted by atomic mass is 35.5. The molecule has 0 saturated carbocycles. The van der Waals surface area contributed by atoms with Crippen LogP contribution in [-0.4, -0.2) is 22.6 Å². The van der Waals surface area contributed by atoms with E-state index >= 15 is 0 Å². The van der Waals surface area contributed by atoms with Crippen molar-refractivity contribution in [2.24, 2.45) is 0 Å².